The summed E-state index contributed by atoms with van der Waals surface area (Å²) < 4.78 is 23.5. The first-order valence-electron chi connectivity index (χ1n) is 10.8. The maximum atomic E-state index is 12.2. The number of rotatable bonds is 3. The summed E-state index contributed by atoms with van der Waals surface area (Å²) in [5.74, 6) is 0.244. The zero-order valence-corrected chi connectivity index (χ0v) is 18.8. The van der Waals surface area contributed by atoms with Crippen molar-refractivity contribution in [1.29, 1.82) is 0 Å². The van der Waals surface area contributed by atoms with Gasteiger partial charge in [0, 0.05) is 60.2 Å². The van der Waals surface area contributed by atoms with E-state index in [-0.39, 0.29) is 5.92 Å². The number of fused-ring (bicyclic) bond motifs is 2. The van der Waals surface area contributed by atoms with Gasteiger partial charge in [-0.1, -0.05) is 0 Å². The topological polar surface area (TPSA) is 91.8 Å². The molecule has 5 rings (SSSR count). The summed E-state index contributed by atoms with van der Waals surface area (Å²) >= 11 is 0. The fraction of sp³-hybridized carbons (Fsp3) is 0.478. The number of pyridine rings is 1. The van der Waals surface area contributed by atoms with E-state index in [1.807, 2.05) is 12.4 Å². The number of sulfone groups is 1. The monoisotopic (exact) mass is 438 g/mol. The van der Waals surface area contributed by atoms with E-state index >= 15 is 0 Å². The van der Waals surface area contributed by atoms with Gasteiger partial charge < -0.3 is 9.88 Å². The molecule has 1 radical (unpaired) electrons. The van der Waals surface area contributed by atoms with E-state index in [0.717, 1.165) is 53.9 Å². The van der Waals surface area contributed by atoms with Crippen LogP contribution in [0.15, 0.2) is 30.9 Å². The molecule has 163 valence electrons. The minimum atomic E-state index is -3.18. The lowest BCUT2D eigenvalue weighted by Crippen LogP contribution is -2.41. The van der Waals surface area contributed by atoms with Gasteiger partial charge in [-0.3, -0.25) is 0 Å². The van der Waals surface area contributed by atoms with E-state index in [9.17, 15) is 8.42 Å². The molecule has 1 N–H and O–H groups in total. The summed E-state index contributed by atoms with van der Waals surface area (Å²) in [6, 6.07) is 4.45. The number of anilines is 1. The average Bonchev–Trinajstić information content (AvgIpc) is 3.22. The zero-order valence-electron chi connectivity index (χ0n) is 18.0. The normalized spacial score (nSPS) is 26.7. The van der Waals surface area contributed by atoms with Gasteiger partial charge in [0.15, 0.2) is 9.84 Å². The zero-order chi connectivity index (χ0) is 21.8. The van der Waals surface area contributed by atoms with Crippen LogP contribution in [0.1, 0.15) is 55.5 Å². The summed E-state index contributed by atoms with van der Waals surface area (Å²) in [7, 11) is -3.18. The Morgan fingerprint density at radius 2 is 1.97 bits per heavy atom. The van der Waals surface area contributed by atoms with Crippen molar-refractivity contribution >= 4 is 26.6 Å². The van der Waals surface area contributed by atoms with E-state index < -0.39 is 14.6 Å². The molecule has 0 bridgehead atoms. The Hall–Kier alpha value is -2.48. The standard InChI is InChI=1S/C23H28N5O2S/c1-15-12-19-18(13-28(15)20-7-11-25-22-17(20)6-10-24-22)21(27-14-26-19)16-4-8-23(2,9-5-16)31(3,29)30/h6-7,10-11,14-16H,2,4-5,8-9,12-13H2,1,3H3,(H,24,25)/t15-,16?,23?/m1/s1. The van der Waals surface area contributed by atoms with Crippen LogP contribution in [0.5, 0.6) is 0 Å². The molecule has 0 amide bonds. The van der Waals surface area contributed by atoms with Crippen molar-refractivity contribution in [3.8, 4) is 0 Å². The fourth-order valence-electron chi connectivity index (χ4n) is 5.19. The predicted octanol–water partition coefficient (Wildman–Crippen LogP) is 3.58. The van der Waals surface area contributed by atoms with Gasteiger partial charge >= 0.3 is 0 Å². The molecule has 7 nitrogen and oxygen atoms in total. The van der Waals surface area contributed by atoms with Crippen LogP contribution in [0.2, 0.25) is 0 Å². The van der Waals surface area contributed by atoms with Crippen molar-refractivity contribution in [2.24, 2.45) is 0 Å². The SMILES string of the molecule is [CH2]C1(S(C)(=O)=O)CCC(c2ncnc3c2CN(c2ccnc4[nH]ccc24)[C@H](C)C3)CC1. The van der Waals surface area contributed by atoms with Gasteiger partial charge in [-0.25, -0.2) is 23.4 Å². The summed E-state index contributed by atoms with van der Waals surface area (Å²) in [5, 5.41) is 1.11. The first kappa shape index (κ1) is 20.4. The van der Waals surface area contributed by atoms with Crippen LogP contribution in [-0.4, -0.2) is 45.4 Å². The largest absolute Gasteiger partial charge is 0.363 e. The third-order valence-corrected chi connectivity index (χ3v) is 9.22. The second-order valence-electron chi connectivity index (χ2n) is 9.16. The van der Waals surface area contributed by atoms with Crippen LogP contribution >= 0.6 is 0 Å². The van der Waals surface area contributed by atoms with Gasteiger partial charge in [0.25, 0.3) is 0 Å². The number of nitrogens with zero attached hydrogens (tertiary/aromatic N) is 4. The third kappa shape index (κ3) is 3.41. The summed E-state index contributed by atoms with van der Waals surface area (Å²) in [5.41, 5.74) is 5.44. The number of nitrogens with one attached hydrogen (secondary N) is 1. The van der Waals surface area contributed by atoms with E-state index in [1.165, 1.54) is 11.8 Å². The molecule has 2 aliphatic rings. The van der Waals surface area contributed by atoms with E-state index in [2.05, 4.69) is 45.8 Å². The first-order valence-corrected chi connectivity index (χ1v) is 12.7. The van der Waals surface area contributed by atoms with Crippen LogP contribution < -0.4 is 4.90 Å². The molecule has 0 spiro atoms. The molecule has 8 heteroatoms. The Morgan fingerprint density at radius 3 is 2.71 bits per heavy atom. The number of hydrogen-bond donors (Lipinski definition) is 1. The molecule has 0 aromatic carbocycles. The van der Waals surface area contributed by atoms with Crippen LogP contribution in [0.25, 0.3) is 11.0 Å². The summed E-state index contributed by atoms with van der Waals surface area (Å²) in [4.78, 5) is 19.4. The molecule has 3 aromatic heterocycles. The molecule has 3 aromatic rings. The van der Waals surface area contributed by atoms with Crippen LogP contribution in [0, 0.1) is 6.92 Å². The van der Waals surface area contributed by atoms with Gasteiger partial charge in [-0.15, -0.1) is 0 Å². The van der Waals surface area contributed by atoms with Crippen molar-refractivity contribution in [1.82, 2.24) is 19.9 Å². The highest BCUT2D eigenvalue weighted by Crippen LogP contribution is 2.43. The maximum absolute atomic E-state index is 12.2. The van der Waals surface area contributed by atoms with Gasteiger partial charge in [-0.2, -0.15) is 0 Å². The Labute approximate surface area is 183 Å². The van der Waals surface area contributed by atoms with Crippen molar-refractivity contribution in [3.63, 3.8) is 0 Å². The summed E-state index contributed by atoms with van der Waals surface area (Å²) in [6.45, 7) is 7.04. The van der Waals surface area contributed by atoms with Gasteiger partial charge in [-0.05, 0) is 51.7 Å². The molecule has 1 fully saturated rings. The first-order chi connectivity index (χ1) is 14.8. The average molecular weight is 439 g/mol. The molecule has 1 atom stereocenters. The van der Waals surface area contributed by atoms with Gasteiger partial charge in [0.1, 0.15) is 12.0 Å². The fourth-order valence-corrected chi connectivity index (χ4v) is 6.17. The molecule has 1 aliphatic heterocycles. The Morgan fingerprint density at radius 1 is 1.19 bits per heavy atom. The van der Waals surface area contributed by atoms with Crippen molar-refractivity contribution < 1.29 is 8.42 Å². The number of aromatic amines is 1. The number of H-pyrrole nitrogens is 1. The lowest BCUT2D eigenvalue weighted by molar-refractivity contribution is 0.376. The second-order valence-corrected chi connectivity index (χ2v) is 11.6. The predicted molar refractivity (Wildman–Crippen MR) is 122 cm³/mol. The van der Waals surface area contributed by atoms with Crippen LogP contribution in [0.4, 0.5) is 5.69 Å². The van der Waals surface area contributed by atoms with Gasteiger partial charge in [0.2, 0.25) is 0 Å². The van der Waals surface area contributed by atoms with E-state index in [0.29, 0.717) is 18.9 Å². The Bertz CT molecular complexity index is 1230. The van der Waals surface area contributed by atoms with Crippen LogP contribution in [0.3, 0.4) is 0 Å². The quantitative estimate of drug-likeness (QED) is 0.672. The van der Waals surface area contributed by atoms with Crippen molar-refractivity contribution in [2.45, 2.75) is 62.3 Å². The lowest BCUT2D eigenvalue weighted by atomic mass is 9.78. The van der Waals surface area contributed by atoms with Crippen molar-refractivity contribution in [3.05, 3.63) is 54.7 Å². The minimum absolute atomic E-state index is 0.244. The van der Waals surface area contributed by atoms with E-state index in [4.69, 9.17) is 4.98 Å². The highest BCUT2D eigenvalue weighted by molar-refractivity contribution is 7.92. The Balaban J connectivity index is 1.47. The van der Waals surface area contributed by atoms with Crippen LogP contribution in [-0.2, 0) is 22.8 Å². The number of aromatic nitrogens is 4. The molecule has 31 heavy (non-hydrogen) atoms. The van der Waals surface area contributed by atoms with E-state index in [1.54, 1.807) is 6.33 Å². The maximum Gasteiger partial charge on any atom is 0.153 e. The highest BCUT2D eigenvalue weighted by atomic mass is 32.2. The van der Waals surface area contributed by atoms with Crippen molar-refractivity contribution in [2.75, 3.05) is 11.2 Å². The second kappa shape index (κ2) is 7.29. The number of hydrogen-bond acceptors (Lipinski definition) is 6. The molecular weight excluding hydrogens is 410 g/mol. The molecule has 0 unspecified atom stereocenters. The molecule has 0 saturated heterocycles. The molecule has 1 aliphatic carbocycles. The minimum Gasteiger partial charge on any atom is -0.363 e. The molecular formula is C23H28N5O2S. The lowest BCUT2D eigenvalue weighted by Gasteiger charge is -2.39. The molecule has 1 saturated carbocycles. The van der Waals surface area contributed by atoms with Gasteiger partial charge in [0.05, 0.1) is 16.1 Å². The Kier molecular flexibility index (Phi) is 4.80. The smallest absolute Gasteiger partial charge is 0.153 e. The highest BCUT2D eigenvalue weighted by Gasteiger charge is 2.41. The third-order valence-electron chi connectivity index (χ3n) is 7.23. The summed E-state index contributed by atoms with van der Waals surface area (Å²) in [6.07, 6.45) is 10.3. The molecule has 4 heterocycles.